The van der Waals surface area contributed by atoms with Gasteiger partial charge >= 0.3 is 5.97 Å². The number of pyridine rings is 1. The fourth-order valence-corrected chi connectivity index (χ4v) is 3.22. The molecule has 2 aromatic rings. The van der Waals surface area contributed by atoms with Gasteiger partial charge in [0, 0.05) is 11.5 Å². The lowest BCUT2D eigenvalue weighted by atomic mass is 9.81. The van der Waals surface area contributed by atoms with Crippen LogP contribution in [0.4, 0.5) is 11.5 Å². The van der Waals surface area contributed by atoms with Crippen molar-refractivity contribution in [3.05, 3.63) is 54.2 Å². The second-order valence-corrected chi connectivity index (χ2v) is 6.64. The third-order valence-corrected chi connectivity index (χ3v) is 4.70. The smallest absolute Gasteiger partial charge is 0.306 e. The van der Waals surface area contributed by atoms with E-state index in [-0.39, 0.29) is 17.7 Å². The maximum Gasteiger partial charge on any atom is 0.306 e. The molecule has 3 rings (SSSR count). The normalized spacial score (nSPS) is 19.1. The van der Waals surface area contributed by atoms with Crippen LogP contribution in [0.5, 0.6) is 0 Å². The summed E-state index contributed by atoms with van der Waals surface area (Å²) < 4.78 is 0. The molecular weight excluding hydrogens is 346 g/mol. The predicted octanol–water partition coefficient (Wildman–Crippen LogP) is 3.16. The minimum Gasteiger partial charge on any atom is -0.481 e. The van der Waals surface area contributed by atoms with Crippen molar-refractivity contribution in [2.24, 2.45) is 11.8 Å². The van der Waals surface area contributed by atoms with Crippen LogP contribution in [0.1, 0.15) is 36.0 Å². The lowest BCUT2D eigenvalue weighted by Crippen LogP contribution is -2.30. The fraction of sp³-hybridized carbons (Fsp3) is 0.300. The Bertz CT molecular complexity index is 821. The van der Waals surface area contributed by atoms with Gasteiger partial charge in [-0.2, -0.15) is 0 Å². The highest BCUT2D eigenvalue weighted by molar-refractivity contribution is 6.03. The van der Waals surface area contributed by atoms with Gasteiger partial charge in [-0.05, 0) is 43.5 Å². The van der Waals surface area contributed by atoms with Gasteiger partial charge in [0.25, 0.3) is 5.91 Å². The summed E-state index contributed by atoms with van der Waals surface area (Å²) >= 11 is 0. The molecular formula is C20H21N3O4. The number of carboxylic acids is 1. The molecule has 1 aromatic carbocycles. The minimum absolute atomic E-state index is 0.191. The molecule has 1 saturated carbocycles. The molecule has 1 aliphatic rings. The molecule has 0 aliphatic heterocycles. The molecule has 27 heavy (non-hydrogen) atoms. The maximum atomic E-state index is 12.4. The van der Waals surface area contributed by atoms with Crippen molar-refractivity contribution in [2.45, 2.75) is 25.7 Å². The molecule has 1 aromatic heterocycles. The summed E-state index contributed by atoms with van der Waals surface area (Å²) in [7, 11) is 0. The van der Waals surface area contributed by atoms with Gasteiger partial charge in [-0.15, -0.1) is 0 Å². The van der Waals surface area contributed by atoms with Crippen LogP contribution in [-0.2, 0) is 9.59 Å². The maximum absolute atomic E-state index is 12.4. The van der Waals surface area contributed by atoms with E-state index < -0.39 is 11.9 Å². The summed E-state index contributed by atoms with van der Waals surface area (Å²) in [5.74, 6) is -1.68. The molecule has 1 fully saturated rings. The second-order valence-electron chi connectivity index (χ2n) is 6.64. The lowest BCUT2D eigenvalue weighted by Gasteiger charge is -2.25. The number of nitrogens with zero attached hydrogens (tertiary/aromatic N) is 1. The number of carbonyl (C=O) groups is 3. The van der Waals surface area contributed by atoms with Crippen molar-refractivity contribution in [3.63, 3.8) is 0 Å². The van der Waals surface area contributed by atoms with Gasteiger partial charge in [0.1, 0.15) is 5.82 Å². The van der Waals surface area contributed by atoms with Crippen molar-refractivity contribution < 1.29 is 19.5 Å². The SMILES string of the molecule is O=C(Nc1ccc(NC(=O)C2CCCC(C(=O)O)C2)cn1)c1ccccc1. The van der Waals surface area contributed by atoms with Crippen LogP contribution in [0.15, 0.2) is 48.7 Å². The summed E-state index contributed by atoms with van der Waals surface area (Å²) in [5.41, 5.74) is 1.04. The van der Waals surface area contributed by atoms with Crippen molar-refractivity contribution >= 4 is 29.3 Å². The molecule has 2 unspecified atom stereocenters. The fourth-order valence-electron chi connectivity index (χ4n) is 3.22. The molecule has 2 atom stereocenters. The first-order chi connectivity index (χ1) is 13.0. The molecule has 140 valence electrons. The first-order valence-corrected chi connectivity index (χ1v) is 8.89. The minimum atomic E-state index is -0.840. The highest BCUT2D eigenvalue weighted by Crippen LogP contribution is 2.30. The number of hydrogen-bond acceptors (Lipinski definition) is 4. The van der Waals surface area contributed by atoms with Crippen LogP contribution in [0, 0.1) is 11.8 Å². The number of amides is 2. The van der Waals surface area contributed by atoms with E-state index in [2.05, 4.69) is 15.6 Å². The summed E-state index contributed by atoms with van der Waals surface area (Å²) in [5, 5.41) is 14.6. The van der Waals surface area contributed by atoms with Crippen LogP contribution < -0.4 is 10.6 Å². The highest BCUT2D eigenvalue weighted by atomic mass is 16.4. The van der Waals surface area contributed by atoms with Gasteiger partial charge in [0.15, 0.2) is 0 Å². The zero-order valence-electron chi connectivity index (χ0n) is 14.7. The van der Waals surface area contributed by atoms with E-state index in [1.165, 1.54) is 6.20 Å². The summed E-state index contributed by atoms with van der Waals surface area (Å²) in [4.78, 5) is 39.8. The Kier molecular flexibility index (Phi) is 5.80. The zero-order valence-corrected chi connectivity index (χ0v) is 14.7. The number of rotatable bonds is 5. The second kappa shape index (κ2) is 8.44. The summed E-state index contributed by atoms with van der Waals surface area (Å²) in [6, 6.07) is 12.1. The van der Waals surface area contributed by atoms with Crippen LogP contribution in [0.2, 0.25) is 0 Å². The third-order valence-electron chi connectivity index (χ3n) is 4.70. The van der Waals surface area contributed by atoms with E-state index in [9.17, 15) is 14.4 Å². The first-order valence-electron chi connectivity index (χ1n) is 8.89. The number of carbonyl (C=O) groups excluding carboxylic acids is 2. The number of aromatic nitrogens is 1. The Morgan fingerprint density at radius 3 is 2.37 bits per heavy atom. The highest BCUT2D eigenvalue weighted by Gasteiger charge is 2.31. The van der Waals surface area contributed by atoms with E-state index in [4.69, 9.17) is 5.11 Å². The molecule has 2 amide bonds. The largest absolute Gasteiger partial charge is 0.481 e. The van der Waals surface area contributed by atoms with Crippen molar-refractivity contribution in [1.82, 2.24) is 4.98 Å². The van der Waals surface area contributed by atoms with E-state index in [0.717, 1.165) is 6.42 Å². The third kappa shape index (κ3) is 4.91. The Labute approximate surface area is 156 Å². The molecule has 1 heterocycles. The van der Waals surface area contributed by atoms with Crippen LogP contribution in [0.25, 0.3) is 0 Å². The first kappa shape index (κ1) is 18.6. The summed E-state index contributed by atoms with van der Waals surface area (Å²) in [6.07, 6.45) is 3.87. The quantitative estimate of drug-likeness (QED) is 0.752. The van der Waals surface area contributed by atoms with Crippen LogP contribution >= 0.6 is 0 Å². The summed E-state index contributed by atoms with van der Waals surface area (Å²) in [6.45, 7) is 0. The monoisotopic (exact) mass is 367 g/mol. The van der Waals surface area contributed by atoms with E-state index in [1.54, 1.807) is 36.4 Å². The van der Waals surface area contributed by atoms with Gasteiger partial charge in [-0.3, -0.25) is 14.4 Å². The number of anilines is 2. The molecule has 0 bridgehead atoms. The standard InChI is InChI=1S/C20H21N3O4/c24-18(13-5-2-1-3-6-13)23-17-10-9-16(12-21-17)22-19(25)14-7-4-8-15(11-14)20(26)27/h1-3,5-6,9-10,12,14-15H,4,7-8,11H2,(H,22,25)(H,26,27)(H,21,23,24). The average Bonchev–Trinajstić information content (AvgIpc) is 2.70. The number of carboxylic acid groups (broad SMARTS) is 1. The van der Waals surface area contributed by atoms with E-state index >= 15 is 0 Å². The molecule has 0 radical (unpaired) electrons. The van der Waals surface area contributed by atoms with Gasteiger partial charge in [-0.25, -0.2) is 4.98 Å². The van der Waals surface area contributed by atoms with Crippen LogP contribution in [0.3, 0.4) is 0 Å². The molecule has 3 N–H and O–H groups in total. The van der Waals surface area contributed by atoms with Crippen LogP contribution in [-0.4, -0.2) is 27.9 Å². The Hall–Kier alpha value is -3.22. The van der Waals surface area contributed by atoms with Gasteiger partial charge in [0.2, 0.25) is 5.91 Å². The Morgan fingerprint density at radius 2 is 1.70 bits per heavy atom. The number of benzene rings is 1. The number of aliphatic carboxylic acids is 1. The van der Waals surface area contributed by atoms with Crippen molar-refractivity contribution in [1.29, 1.82) is 0 Å². The van der Waals surface area contributed by atoms with Gasteiger partial charge in [-0.1, -0.05) is 24.6 Å². The number of nitrogens with one attached hydrogen (secondary N) is 2. The Balaban J connectivity index is 1.56. The number of hydrogen-bond donors (Lipinski definition) is 3. The molecule has 0 saturated heterocycles. The molecule has 7 nitrogen and oxygen atoms in total. The molecule has 0 spiro atoms. The molecule has 7 heteroatoms. The zero-order chi connectivity index (χ0) is 19.2. The molecule has 1 aliphatic carbocycles. The van der Waals surface area contributed by atoms with Crippen molar-refractivity contribution in [3.8, 4) is 0 Å². The Morgan fingerprint density at radius 1 is 0.963 bits per heavy atom. The van der Waals surface area contributed by atoms with Crippen molar-refractivity contribution in [2.75, 3.05) is 10.6 Å². The average molecular weight is 367 g/mol. The lowest BCUT2D eigenvalue weighted by molar-refractivity contribution is -0.143. The van der Waals surface area contributed by atoms with E-state index in [0.29, 0.717) is 36.3 Å². The predicted molar refractivity (Wildman–Crippen MR) is 100 cm³/mol. The van der Waals surface area contributed by atoms with Gasteiger partial charge < -0.3 is 15.7 Å². The van der Waals surface area contributed by atoms with E-state index in [1.807, 2.05) is 6.07 Å². The van der Waals surface area contributed by atoms with Gasteiger partial charge in [0.05, 0.1) is 17.8 Å². The topological polar surface area (TPSA) is 108 Å².